The van der Waals surface area contributed by atoms with Gasteiger partial charge in [0.15, 0.2) is 0 Å². The minimum Gasteiger partial charge on any atom is -0.352 e. The van der Waals surface area contributed by atoms with E-state index < -0.39 is 0 Å². The summed E-state index contributed by atoms with van der Waals surface area (Å²) in [5.74, 6) is 0.320. The van der Waals surface area contributed by atoms with Gasteiger partial charge in [-0.3, -0.25) is 4.79 Å². The fourth-order valence-electron chi connectivity index (χ4n) is 2.15. The zero-order valence-electron chi connectivity index (χ0n) is 10.7. The zero-order valence-corrected chi connectivity index (χ0v) is 11.6. The predicted octanol–water partition coefficient (Wildman–Crippen LogP) is 2.02. The van der Waals surface area contributed by atoms with E-state index >= 15 is 0 Å². The molecule has 0 saturated carbocycles. The minimum atomic E-state index is 0.143. The molecule has 1 amide bonds. The Morgan fingerprint density at radius 1 is 1.44 bits per heavy atom. The second-order valence-corrected chi connectivity index (χ2v) is 5.49. The van der Waals surface area contributed by atoms with Gasteiger partial charge in [-0.2, -0.15) is 0 Å². The van der Waals surface area contributed by atoms with Crippen LogP contribution in [0.3, 0.4) is 0 Å². The summed E-state index contributed by atoms with van der Waals surface area (Å²) in [7, 11) is 0. The number of amides is 1. The monoisotopic (exact) mass is 264 g/mol. The average molecular weight is 264 g/mol. The molecule has 1 fully saturated rings. The number of benzene rings is 1. The van der Waals surface area contributed by atoms with Crippen molar-refractivity contribution in [3.8, 4) is 0 Å². The summed E-state index contributed by atoms with van der Waals surface area (Å²) in [6.07, 6.45) is 4.16. The normalized spacial score (nSPS) is 19.5. The van der Waals surface area contributed by atoms with Crippen LogP contribution in [0.15, 0.2) is 29.2 Å². The number of nitrogens with one attached hydrogen (secondary N) is 2. The Hall–Kier alpha value is -1.00. The van der Waals surface area contributed by atoms with E-state index in [0.29, 0.717) is 6.54 Å². The van der Waals surface area contributed by atoms with Gasteiger partial charge < -0.3 is 10.6 Å². The first-order chi connectivity index (χ1) is 8.79. The lowest BCUT2D eigenvalue weighted by atomic mass is 9.99. The lowest BCUT2D eigenvalue weighted by molar-refractivity contribution is -0.125. The van der Waals surface area contributed by atoms with Crippen LogP contribution in [0.4, 0.5) is 0 Å². The van der Waals surface area contributed by atoms with E-state index in [2.05, 4.69) is 41.2 Å². The van der Waals surface area contributed by atoms with E-state index in [1.807, 2.05) is 0 Å². The van der Waals surface area contributed by atoms with Crippen molar-refractivity contribution >= 4 is 17.7 Å². The molecule has 0 bridgehead atoms. The summed E-state index contributed by atoms with van der Waals surface area (Å²) >= 11 is 1.73. The summed E-state index contributed by atoms with van der Waals surface area (Å²) in [6, 6.07) is 8.33. The van der Waals surface area contributed by atoms with Gasteiger partial charge in [0.2, 0.25) is 5.91 Å². The van der Waals surface area contributed by atoms with Crippen LogP contribution < -0.4 is 10.6 Å². The van der Waals surface area contributed by atoms with Crippen molar-refractivity contribution in [1.29, 1.82) is 0 Å². The standard InChI is InChI=1S/C14H20N2OS/c1-18-13-6-4-11(5-7-13)9-16-14(17)12-3-2-8-15-10-12/h4-7,12,15H,2-3,8-10H2,1H3,(H,16,17). The number of rotatable bonds is 4. The highest BCUT2D eigenvalue weighted by Gasteiger charge is 2.20. The number of hydrogen-bond acceptors (Lipinski definition) is 3. The number of carbonyl (C=O) groups is 1. The second-order valence-electron chi connectivity index (χ2n) is 4.61. The molecule has 1 heterocycles. The van der Waals surface area contributed by atoms with Gasteiger partial charge in [0.05, 0.1) is 5.92 Å². The minimum absolute atomic E-state index is 0.143. The van der Waals surface area contributed by atoms with Crippen molar-refractivity contribution in [3.63, 3.8) is 0 Å². The molecule has 1 atom stereocenters. The van der Waals surface area contributed by atoms with Crippen LogP contribution in [0, 0.1) is 5.92 Å². The maximum Gasteiger partial charge on any atom is 0.224 e. The molecule has 98 valence electrons. The van der Waals surface area contributed by atoms with Crippen LogP contribution in [-0.2, 0) is 11.3 Å². The molecule has 2 rings (SSSR count). The maximum absolute atomic E-state index is 11.9. The number of carbonyl (C=O) groups excluding carboxylic acids is 1. The summed E-state index contributed by atoms with van der Waals surface area (Å²) in [6.45, 7) is 2.49. The fourth-order valence-corrected chi connectivity index (χ4v) is 2.56. The van der Waals surface area contributed by atoms with Crippen LogP contribution in [-0.4, -0.2) is 25.3 Å². The Morgan fingerprint density at radius 3 is 2.83 bits per heavy atom. The molecular formula is C14H20N2OS. The topological polar surface area (TPSA) is 41.1 Å². The lowest BCUT2D eigenvalue weighted by Gasteiger charge is -2.21. The van der Waals surface area contributed by atoms with Gasteiger partial charge in [-0.05, 0) is 43.3 Å². The maximum atomic E-state index is 11.9. The molecule has 18 heavy (non-hydrogen) atoms. The Bertz CT molecular complexity index is 385. The van der Waals surface area contributed by atoms with Gasteiger partial charge in [-0.25, -0.2) is 0 Å². The summed E-state index contributed by atoms with van der Waals surface area (Å²) in [5.41, 5.74) is 1.16. The smallest absolute Gasteiger partial charge is 0.224 e. The average Bonchev–Trinajstić information content (AvgIpc) is 2.46. The predicted molar refractivity (Wildman–Crippen MR) is 75.7 cm³/mol. The van der Waals surface area contributed by atoms with Gasteiger partial charge in [0, 0.05) is 18.0 Å². The van der Waals surface area contributed by atoms with E-state index in [1.54, 1.807) is 11.8 Å². The molecule has 1 unspecified atom stereocenters. The van der Waals surface area contributed by atoms with Gasteiger partial charge in [-0.1, -0.05) is 12.1 Å². The van der Waals surface area contributed by atoms with Crippen molar-refractivity contribution < 1.29 is 4.79 Å². The first-order valence-corrected chi connectivity index (χ1v) is 7.63. The van der Waals surface area contributed by atoms with E-state index in [0.717, 1.165) is 31.5 Å². The van der Waals surface area contributed by atoms with E-state index in [1.165, 1.54) is 4.90 Å². The molecule has 1 saturated heterocycles. The summed E-state index contributed by atoms with van der Waals surface area (Å²) < 4.78 is 0. The molecule has 3 nitrogen and oxygen atoms in total. The van der Waals surface area contributed by atoms with Gasteiger partial charge in [-0.15, -0.1) is 11.8 Å². The third-order valence-corrected chi connectivity index (χ3v) is 4.04. The van der Waals surface area contributed by atoms with Crippen molar-refractivity contribution in [1.82, 2.24) is 10.6 Å². The van der Waals surface area contributed by atoms with Crippen molar-refractivity contribution in [2.75, 3.05) is 19.3 Å². The van der Waals surface area contributed by atoms with Crippen LogP contribution in [0.25, 0.3) is 0 Å². The van der Waals surface area contributed by atoms with Gasteiger partial charge in [0.1, 0.15) is 0 Å². The second kappa shape index (κ2) is 6.81. The number of piperidine rings is 1. The van der Waals surface area contributed by atoms with Crippen LogP contribution in [0.2, 0.25) is 0 Å². The molecule has 1 aliphatic rings. The van der Waals surface area contributed by atoms with Crippen molar-refractivity contribution in [3.05, 3.63) is 29.8 Å². The Kier molecular flexibility index (Phi) is 5.08. The highest BCUT2D eigenvalue weighted by atomic mass is 32.2. The SMILES string of the molecule is CSc1ccc(CNC(=O)C2CCCNC2)cc1. The summed E-state index contributed by atoms with van der Waals surface area (Å²) in [5, 5.41) is 6.29. The number of hydrogen-bond donors (Lipinski definition) is 2. The Balaban J connectivity index is 1.80. The zero-order chi connectivity index (χ0) is 12.8. The molecular weight excluding hydrogens is 244 g/mol. The fraction of sp³-hybridized carbons (Fsp3) is 0.500. The molecule has 1 aromatic carbocycles. The largest absolute Gasteiger partial charge is 0.352 e. The molecule has 1 aliphatic heterocycles. The molecule has 0 aromatic heterocycles. The first kappa shape index (κ1) is 13.4. The lowest BCUT2D eigenvalue weighted by Crippen LogP contribution is -2.40. The molecule has 2 N–H and O–H groups in total. The molecule has 0 aliphatic carbocycles. The molecule has 0 spiro atoms. The van der Waals surface area contributed by atoms with Gasteiger partial charge >= 0.3 is 0 Å². The van der Waals surface area contributed by atoms with Crippen molar-refractivity contribution in [2.24, 2.45) is 5.92 Å². The van der Waals surface area contributed by atoms with Crippen molar-refractivity contribution in [2.45, 2.75) is 24.3 Å². The van der Waals surface area contributed by atoms with Crippen LogP contribution >= 0.6 is 11.8 Å². The molecule has 0 radical (unpaired) electrons. The molecule has 4 heteroatoms. The van der Waals surface area contributed by atoms with Crippen LogP contribution in [0.1, 0.15) is 18.4 Å². The Morgan fingerprint density at radius 2 is 2.22 bits per heavy atom. The van der Waals surface area contributed by atoms with E-state index in [4.69, 9.17) is 0 Å². The highest BCUT2D eigenvalue weighted by molar-refractivity contribution is 7.98. The third kappa shape index (κ3) is 3.75. The third-order valence-electron chi connectivity index (χ3n) is 3.29. The summed E-state index contributed by atoms with van der Waals surface area (Å²) in [4.78, 5) is 13.2. The number of thioether (sulfide) groups is 1. The Labute approximate surface area is 113 Å². The van der Waals surface area contributed by atoms with E-state index in [9.17, 15) is 4.79 Å². The first-order valence-electron chi connectivity index (χ1n) is 6.41. The quantitative estimate of drug-likeness (QED) is 0.818. The molecule has 1 aromatic rings. The van der Waals surface area contributed by atoms with Gasteiger partial charge in [0.25, 0.3) is 0 Å². The highest BCUT2D eigenvalue weighted by Crippen LogP contribution is 2.15. The van der Waals surface area contributed by atoms with Crippen LogP contribution in [0.5, 0.6) is 0 Å². The van der Waals surface area contributed by atoms with E-state index in [-0.39, 0.29) is 11.8 Å².